The molecule has 122 valence electrons. The summed E-state index contributed by atoms with van der Waals surface area (Å²) >= 11 is 3.64. The first kappa shape index (κ1) is 17.8. The van der Waals surface area contributed by atoms with Gasteiger partial charge in [0.1, 0.15) is 5.75 Å². The van der Waals surface area contributed by atoms with Crippen molar-refractivity contribution in [3.05, 3.63) is 22.2 Å². The van der Waals surface area contributed by atoms with Gasteiger partial charge in [-0.15, -0.1) is 0 Å². The molecule has 1 saturated heterocycles. The maximum absolute atomic E-state index is 6.20. The van der Waals surface area contributed by atoms with Gasteiger partial charge in [-0.3, -0.25) is 0 Å². The van der Waals surface area contributed by atoms with E-state index in [1.165, 1.54) is 5.56 Å². The van der Waals surface area contributed by atoms with E-state index in [1.807, 2.05) is 6.92 Å². The minimum atomic E-state index is -0.415. The van der Waals surface area contributed by atoms with Crippen LogP contribution in [0.25, 0.3) is 0 Å². The van der Waals surface area contributed by atoms with Gasteiger partial charge in [-0.25, -0.2) is 0 Å². The van der Waals surface area contributed by atoms with Crippen LogP contribution in [-0.2, 0) is 9.31 Å². The highest BCUT2D eigenvalue weighted by Gasteiger charge is 2.52. The third kappa shape index (κ3) is 3.22. The lowest BCUT2D eigenvalue weighted by atomic mass is 9.76. The second kappa shape index (κ2) is 6.18. The van der Waals surface area contributed by atoms with Crippen molar-refractivity contribution in [2.45, 2.75) is 65.6 Å². The third-order valence-corrected chi connectivity index (χ3v) is 5.15. The lowest BCUT2D eigenvalue weighted by Crippen LogP contribution is -2.41. The van der Waals surface area contributed by atoms with E-state index in [0.717, 1.165) is 15.7 Å². The molecule has 0 saturated carbocycles. The van der Waals surface area contributed by atoms with Gasteiger partial charge in [0.05, 0.1) is 22.3 Å². The van der Waals surface area contributed by atoms with Crippen molar-refractivity contribution in [2.75, 3.05) is 6.61 Å². The lowest BCUT2D eigenvalue weighted by molar-refractivity contribution is 0.00578. The maximum atomic E-state index is 6.20. The van der Waals surface area contributed by atoms with E-state index < -0.39 is 7.12 Å². The molecule has 0 unspecified atom stereocenters. The fourth-order valence-corrected chi connectivity index (χ4v) is 3.02. The van der Waals surface area contributed by atoms with Crippen LogP contribution >= 0.6 is 15.9 Å². The molecule has 0 amide bonds. The molecule has 1 aliphatic heterocycles. The Kier molecular flexibility index (Phi) is 5.01. The maximum Gasteiger partial charge on any atom is 0.498 e. The zero-order valence-corrected chi connectivity index (χ0v) is 16.2. The summed E-state index contributed by atoms with van der Waals surface area (Å²) < 4.78 is 19.2. The third-order valence-electron chi connectivity index (χ3n) is 4.56. The zero-order valence-electron chi connectivity index (χ0n) is 14.6. The van der Waals surface area contributed by atoms with Gasteiger partial charge >= 0.3 is 7.12 Å². The Labute approximate surface area is 143 Å². The zero-order chi connectivity index (χ0) is 16.7. The molecule has 0 bridgehead atoms. The summed E-state index contributed by atoms with van der Waals surface area (Å²) in [7, 11) is -0.415. The second-order valence-electron chi connectivity index (χ2n) is 7.10. The van der Waals surface area contributed by atoms with Gasteiger partial charge in [-0.05, 0) is 68.1 Å². The number of rotatable bonds is 4. The first-order chi connectivity index (χ1) is 10.1. The molecule has 0 N–H and O–H groups in total. The predicted octanol–water partition coefficient (Wildman–Crippen LogP) is 4.27. The second-order valence-corrected chi connectivity index (χ2v) is 7.95. The summed E-state index contributed by atoms with van der Waals surface area (Å²) in [4.78, 5) is 0. The highest BCUT2D eigenvalue weighted by molar-refractivity contribution is 9.10. The van der Waals surface area contributed by atoms with Gasteiger partial charge in [-0.1, -0.05) is 19.9 Å². The van der Waals surface area contributed by atoms with Crippen molar-refractivity contribution >= 4 is 28.5 Å². The van der Waals surface area contributed by atoms with Crippen molar-refractivity contribution in [3.63, 3.8) is 0 Å². The molecule has 1 aromatic rings. The molecule has 0 atom stereocenters. The minimum Gasteiger partial charge on any atom is -0.493 e. The number of halogens is 1. The lowest BCUT2D eigenvalue weighted by Gasteiger charge is -2.32. The van der Waals surface area contributed by atoms with Crippen LogP contribution in [-0.4, -0.2) is 24.9 Å². The highest BCUT2D eigenvalue weighted by atomic mass is 79.9. The van der Waals surface area contributed by atoms with Gasteiger partial charge in [0, 0.05) is 5.46 Å². The van der Waals surface area contributed by atoms with Gasteiger partial charge in [0.25, 0.3) is 0 Å². The van der Waals surface area contributed by atoms with E-state index in [1.54, 1.807) is 0 Å². The minimum absolute atomic E-state index is 0.360. The van der Waals surface area contributed by atoms with Crippen LogP contribution < -0.4 is 10.2 Å². The molecular formula is C17H26BBrO3. The van der Waals surface area contributed by atoms with Gasteiger partial charge in [0.2, 0.25) is 0 Å². The Morgan fingerprint density at radius 1 is 1.14 bits per heavy atom. The van der Waals surface area contributed by atoms with Gasteiger partial charge < -0.3 is 14.0 Å². The average molecular weight is 369 g/mol. The Bertz CT molecular complexity index is 539. The molecule has 1 fully saturated rings. The van der Waals surface area contributed by atoms with Crippen molar-refractivity contribution in [1.29, 1.82) is 0 Å². The van der Waals surface area contributed by atoms with Crippen molar-refractivity contribution in [1.82, 2.24) is 0 Å². The summed E-state index contributed by atoms with van der Waals surface area (Å²) in [5.74, 6) is 1.23. The molecule has 22 heavy (non-hydrogen) atoms. The molecule has 0 spiro atoms. The van der Waals surface area contributed by atoms with Crippen molar-refractivity contribution in [3.8, 4) is 5.75 Å². The van der Waals surface area contributed by atoms with Gasteiger partial charge in [-0.2, -0.15) is 0 Å². The summed E-state index contributed by atoms with van der Waals surface area (Å²) in [5.41, 5.74) is 1.47. The number of hydrogen-bond donors (Lipinski definition) is 0. The normalized spacial score (nSPS) is 19.8. The molecule has 1 aromatic carbocycles. The Morgan fingerprint density at radius 3 is 2.14 bits per heavy atom. The monoisotopic (exact) mass is 368 g/mol. The number of benzene rings is 1. The molecule has 0 aliphatic carbocycles. The Morgan fingerprint density at radius 2 is 1.68 bits per heavy atom. The largest absolute Gasteiger partial charge is 0.498 e. The number of hydrogen-bond acceptors (Lipinski definition) is 3. The van der Waals surface area contributed by atoms with Crippen LogP contribution in [0.2, 0.25) is 0 Å². The highest BCUT2D eigenvalue weighted by Crippen LogP contribution is 2.38. The van der Waals surface area contributed by atoms with Crippen molar-refractivity contribution in [2.24, 2.45) is 0 Å². The molecule has 3 nitrogen and oxygen atoms in total. The van der Waals surface area contributed by atoms with E-state index in [-0.39, 0.29) is 11.2 Å². The first-order valence-corrected chi connectivity index (χ1v) is 8.70. The van der Waals surface area contributed by atoms with Crippen LogP contribution in [0.4, 0.5) is 0 Å². The smallest absolute Gasteiger partial charge is 0.493 e. The number of ether oxygens (including phenoxy) is 1. The van der Waals surface area contributed by atoms with Crippen LogP contribution in [0.5, 0.6) is 5.75 Å². The summed E-state index contributed by atoms with van der Waals surface area (Å²) in [6, 6.07) is 4.26. The fourth-order valence-electron chi connectivity index (χ4n) is 2.41. The van der Waals surface area contributed by atoms with Crippen LogP contribution in [0.1, 0.15) is 59.9 Å². The Balaban J connectivity index is 2.49. The van der Waals surface area contributed by atoms with Gasteiger partial charge in [0.15, 0.2) is 0 Å². The van der Waals surface area contributed by atoms with Crippen LogP contribution in [0, 0.1) is 0 Å². The van der Waals surface area contributed by atoms with Crippen molar-refractivity contribution < 1.29 is 14.0 Å². The van der Waals surface area contributed by atoms with E-state index in [9.17, 15) is 0 Å². The molecule has 2 rings (SSSR count). The molecule has 1 heterocycles. The Hall–Kier alpha value is -0.515. The quantitative estimate of drug-likeness (QED) is 0.742. The SMILES string of the molecule is CCOc1c(Br)cc(C(C)C)cc1B1OC(C)(C)C(C)(C)O1. The first-order valence-electron chi connectivity index (χ1n) is 7.91. The molecular weight excluding hydrogens is 343 g/mol. The summed E-state index contributed by atoms with van der Waals surface area (Å²) in [6.07, 6.45) is 0. The average Bonchev–Trinajstić information content (AvgIpc) is 2.60. The predicted molar refractivity (Wildman–Crippen MR) is 95.1 cm³/mol. The molecule has 0 radical (unpaired) electrons. The standard InChI is InChI=1S/C17H26BBrO3/c1-8-20-15-13(9-12(11(2)3)10-14(15)19)18-21-16(4,5)17(6,7)22-18/h9-11H,8H2,1-7H3. The molecule has 1 aliphatic rings. The summed E-state index contributed by atoms with van der Waals surface area (Å²) in [5, 5.41) is 0. The van der Waals surface area contributed by atoms with E-state index in [2.05, 4.69) is 69.6 Å². The topological polar surface area (TPSA) is 27.7 Å². The fraction of sp³-hybridized carbons (Fsp3) is 0.647. The van der Waals surface area contributed by atoms with E-state index in [0.29, 0.717) is 12.5 Å². The summed E-state index contributed by atoms with van der Waals surface area (Å²) in [6.45, 7) is 15.2. The van der Waals surface area contributed by atoms with E-state index in [4.69, 9.17) is 14.0 Å². The molecule has 5 heteroatoms. The van der Waals surface area contributed by atoms with E-state index >= 15 is 0 Å². The van der Waals surface area contributed by atoms with Crippen LogP contribution in [0.15, 0.2) is 16.6 Å². The van der Waals surface area contributed by atoms with Crippen LogP contribution in [0.3, 0.4) is 0 Å². The molecule has 0 aromatic heterocycles.